The molecule has 0 bridgehead atoms. The Balaban J connectivity index is 1.76. The zero-order chi connectivity index (χ0) is 16.7. The van der Waals surface area contributed by atoms with E-state index in [1.165, 1.54) is 0 Å². The summed E-state index contributed by atoms with van der Waals surface area (Å²) in [4.78, 5) is 25.6. The number of nitrogens with zero attached hydrogens (tertiary/aromatic N) is 2. The summed E-state index contributed by atoms with van der Waals surface area (Å²) in [6.07, 6.45) is 1.62. The largest absolute Gasteiger partial charge is 0.497 e. The summed E-state index contributed by atoms with van der Waals surface area (Å²) in [5, 5.41) is 6.59. The van der Waals surface area contributed by atoms with Gasteiger partial charge in [-0.15, -0.1) is 0 Å². The molecule has 1 heterocycles. The molecule has 23 heavy (non-hydrogen) atoms. The minimum atomic E-state index is -0.745. The number of hydrazone groups is 1. The molecule has 0 aliphatic carbocycles. The number of carbonyl (C=O) groups is 2. The third-order valence-electron chi connectivity index (χ3n) is 3.70. The summed E-state index contributed by atoms with van der Waals surface area (Å²) < 4.78 is 5.06. The van der Waals surface area contributed by atoms with Crippen LogP contribution in [0.4, 0.5) is 0 Å². The number of hydrogen-bond acceptors (Lipinski definition) is 5. The van der Waals surface area contributed by atoms with Gasteiger partial charge >= 0.3 is 11.8 Å². The molecule has 0 atom stereocenters. The summed E-state index contributed by atoms with van der Waals surface area (Å²) >= 11 is 0. The van der Waals surface area contributed by atoms with Crippen LogP contribution >= 0.6 is 0 Å². The van der Waals surface area contributed by atoms with Gasteiger partial charge in [-0.25, -0.2) is 5.43 Å². The lowest BCUT2D eigenvalue weighted by Crippen LogP contribution is -2.38. The lowest BCUT2D eigenvalue weighted by atomic mass is 10.1. The van der Waals surface area contributed by atoms with E-state index in [1.807, 2.05) is 19.2 Å². The van der Waals surface area contributed by atoms with Crippen molar-refractivity contribution in [3.63, 3.8) is 0 Å². The van der Waals surface area contributed by atoms with Crippen LogP contribution in [0.1, 0.15) is 18.4 Å². The zero-order valence-electron chi connectivity index (χ0n) is 13.5. The maximum atomic E-state index is 11.7. The highest BCUT2D eigenvalue weighted by molar-refractivity contribution is 6.35. The van der Waals surface area contributed by atoms with Gasteiger partial charge in [0.25, 0.3) is 0 Å². The van der Waals surface area contributed by atoms with Gasteiger partial charge in [0.15, 0.2) is 0 Å². The maximum Gasteiger partial charge on any atom is 0.329 e. The first-order chi connectivity index (χ1) is 11.1. The Morgan fingerprint density at radius 2 is 1.83 bits per heavy atom. The molecule has 2 amide bonds. The van der Waals surface area contributed by atoms with E-state index in [1.54, 1.807) is 19.2 Å². The number of likely N-dealkylation sites (tertiary alicyclic amines) is 1. The normalized spacial score (nSPS) is 15.0. The first-order valence-electron chi connectivity index (χ1n) is 7.53. The predicted molar refractivity (Wildman–Crippen MR) is 87.1 cm³/mol. The molecule has 0 radical (unpaired) electrons. The number of hydrogen-bond donors (Lipinski definition) is 2. The molecule has 2 rings (SSSR count). The number of benzene rings is 1. The lowest BCUT2D eigenvalue weighted by Gasteiger charge is -2.22. The molecule has 1 saturated heterocycles. The molecule has 1 aliphatic heterocycles. The Morgan fingerprint density at radius 1 is 1.17 bits per heavy atom. The second-order valence-corrected chi connectivity index (χ2v) is 5.45. The Labute approximate surface area is 135 Å². The van der Waals surface area contributed by atoms with Gasteiger partial charge in [0.05, 0.1) is 7.11 Å². The topological polar surface area (TPSA) is 83.0 Å². The summed E-state index contributed by atoms with van der Waals surface area (Å²) in [5.41, 5.74) is 4.12. The van der Waals surface area contributed by atoms with Crippen LogP contribution in [0.25, 0.3) is 0 Å². The van der Waals surface area contributed by atoms with Gasteiger partial charge in [-0.2, -0.15) is 5.10 Å². The summed E-state index contributed by atoms with van der Waals surface area (Å²) in [5.74, 6) is -0.699. The molecule has 2 N–H and O–H groups in total. The fourth-order valence-electron chi connectivity index (χ4n) is 2.18. The van der Waals surface area contributed by atoms with Crippen LogP contribution in [0, 0.1) is 0 Å². The Kier molecular flexibility index (Phi) is 6.10. The van der Waals surface area contributed by atoms with Crippen molar-refractivity contribution in [3.8, 4) is 5.75 Å². The number of methoxy groups -OCH3 is 1. The fourth-order valence-corrected chi connectivity index (χ4v) is 2.18. The summed E-state index contributed by atoms with van der Waals surface area (Å²) in [7, 11) is 3.63. The molecule has 0 spiro atoms. The van der Waals surface area contributed by atoms with Gasteiger partial charge < -0.3 is 15.0 Å². The molecule has 0 unspecified atom stereocenters. The van der Waals surface area contributed by atoms with E-state index in [2.05, 4.69) is 20.7 Å². The highest BCUT2D eigenvalue weighted by atomic mass is 16.5. The third kappa shape index (κ3) is 5.37. The van der Waals surface area contributed by atoms with E-state index < -0.39 is 11.8 Å². The highest BCUT2D eigenvalue weighted by Crippen LogP contribution is 2.10. The number of ether oxygens (including phenoxy) is 1. The third-order valence-corrected chi connectivity index (χ3v) is 3.70. The van der Waals surface area contributed by atoms with Gasteiger partial charge in [0.1, 0.15) is 5.75 Å². The van der Waals surface area contributed by atoms with Crippen molar-refractivity contribution in [1.29, 1.82) is 0 Å². The van der Waals surface area contributed by atoms with Crippen LogP contribution in [0.2, 0.25) is 0 Å². The van der Waals surface area contributed by atoms with E-state index >= 15 is 0 Å². The Bertz CT molecular complexity index is 573. The Hall–Kier alpha value is -2.41. The molecule has 0 saturated carbocycles. The zero-order valence-corrected chi connectivity index (χ0v) is 13.5. The smallest absolute Gasteiger partial charge is 0.329 e. The van der Waals surface area contributed by atoms with E-state index in [0.717, 1.165) is 43.0 Å². The van der Waals surface area contributed by atoms with Crippen molar-refractivity contribution >= 4 is 17.5 Å². The van der Waals surface area contributed by atoms with Gasteiger partial charge in [0, 0.05) is 38.2 Å². The van der Waals surface area contributed by atoms with Crippen LogP contribution < -0.4 is 15.5 Å². The van der Waals surface area contributed by atoms with Crippen molar-refractivity contribution in [1.82, 2.24) is 15.6 Å². The molecule has 1 aromatic rings. The van der Waals surface area contributed by atoms with Gasteiger partial charge in [-0.05, 0) is 24.7 Å². The molecular weight excluding hydrogens is 296 g/mol. The van der Waals surface area contributed by atoms with Gasteiger partial charge in [-0.1, -0.05) is 12.1 Å². The average Bonchev–Trinajstić information content (AvgIpc) is 2.59. The molecule has 1 aromatic carbocycles. The second kappa shape index (κ2) is 8.28. The molecular formula is C16H22N4O3. The van der Waals surface area contributed by atoms with Crippen LogP contribution in [-0.4, -0.2) is 49.7 Å². The predicted octanol–water partition coefficient (Wildman–Crippen LogP) is 0.509. The number of piperidine rings is 1. The number of amides is 2. The van der Waals surface area contributed by atoms with Crippen LogP contribution in [0.15, 0.2) is 29.4 Å². The first kappa shape index (κ1) is 17.0. The molecule has 0 aromatic heterocycles. The average molecular weight is 318 g/mol. The van der Waals surface area contributed by atoms with E-state index in [9.17, 15) is 9.59 Å². The molecule has 7 nitrogen and oxygen atoms in total. The van der Waals surface area contributed by atoms with Crippen molar-refractivity contribution < 1.29 is 14.3 Å². The number of carbonyl (C=O) groups excluding carboxylic acids is 2. The maximum absolute atomic E-state index is 11.7. The Morgan fingerprint density at radius 3 is 2.43 bits per heavy atom. The standard InChI is InChI=1S/C16H22N4O3/c1-20-9-7-13(8-10-20)18-19-16(22)15(21)17-11-12-3-5-14(23-2)6-4-12/h3-6H,7-11H2,1-2H3,(H,17,21)(H,19,22). The first-order valence-corrected chi connectivity index (χ1v) is 7.53. The van der Waals surface area contributed by atoms with E-state index in [-0.39, 0.29) is 6.54 Å². The summed E-state index contributed by atoms with van der Waals surface area (Å²) in [6, 6.07) is 7.26. The lowest BCUT2D eigenvalue weighted by molar-refractivity contribution is -0.139. The van der Waals surface area contributed by atoms with E-state index in [0.29, 0.717) is 0 Å². The molecule has 1 aliphatic rings. The van der Waals surface area contributed by atoms with Crippen molar-refractivity contribution in [3.05, 3.63) is 29.8 Å². The van der Waals surface area contributed by atoms with Crippen LogP contribution in [0.3, 0.4) is 0 Å². The number of rotatable bonds is 4. The minimum Gasteiger partial charge on any atom is -0.497 e. The second-order valence-electron chi connectivity index (χ2n) is 5.45. The summed E-state index contributed by atoms with van der Waals surface area (Å²) in [6.45, 7) is 2.11. The SMILES string of the molecule is COc1ccc(CNC(=O)C(=O)NN=C2CCN(C)CC2)cc1. The molecule has 124 valence electrons. The number of nitrogens with one attached hydrogen (secondary N) is 2. The molecule has 7 heteroatoms. The van der Waals surface area contributed by atoms with Gasteiger partial charge in [0.2, 0.25) is 0 Å². The minimum absolute atomic E-state index is 0.275. The van der Waals surface area contributed by atoms with Crippen molar-refractivity contribution in [2.45, 2.75) is 19.4 Å². The molecule has 1 fully saturated rings. The highest BCUT2D eigenvalue weighted by Gasteiger charge is 2.15. The quantitative estimate of drug-likeness (QED) is 0.626. The van der Waals surface area contributed by atoms with Gasteiger partial charge in [-0.3, -0.25) is 9.59 Å². The van der Waals surface area contributed by atoms with Crippen LogP contribution in [0.5, 0.6) is 5.75 Å². The fraction of sp³-hybridized carbons (Fsp3) is 0.438. The van der Waals surface area contributed by atoms with Crippen LogP contribution in [-0.2, 0) is 16.1 Å². The van der Waals surface area contributed by atoms with Crippen molar-refractivity contribution in [2.24, 2.45) is 5.10 Å². The van der Waals surface area contributed by atoms with Crippen molar-refractivity contribution in [2.75, 3.05) is 27.2 Å². The van der Waals surface area contributed by atoms with E-state index in [4.69, 9.17) is 4.74 Å². The monoisotopic (exact) mass is 318 g/mol.